The first-order valence-electron chi connectivity index (χ1n) is 16.6. The van der Waals surface area contributed by atoms with Gasteiger partial charge in [-0.05, 0) is 114 Å². The summed E-state index contributed by atoms with van der Waals surface area (Å²) >= 11 is 0. The lowest BCUT2D eigenvalue weighted by molar-refractivity contribution is -0.145. The predicted molar refractivity (Wildman–Crippen MR) is 172 cm³/mol. The Labute approximate surface area is 248 Å². The Hall–Kier alpha value is -1.51. The maximum Gasteiger partial charge on any atom is 0.316 e. The second-order valence-corrected chi connectivity index (χ2v) is 15.3. The molecule has 0 bridgehead atoms. The molecule has 1 heterocycles. The zero-order valence-corrected chi connectivity index (χ0v) is 28.5. The van der Waals surface area contributed by atoms with Crippen molar-refractivity contribution in [3.63, 3.8) is 0 Å². The quantitative estimate of drug-likeness (QED) is 0.150. The van der Waals surface area contributed by atoms with Crippen LogP contribution in [0.25, 0.3) is 0 Å². The maximum absolute atomic E-state index is 13.1. The molecule has 3 unspecified atom stereocenters. The molecule has 0 saturated carbocycles. The van der Waals surface area contributed by atoms with Gasteiger partial charge in [-0.15, -0.1) is 0 Å². The number of esters is 1. The number of hydrogen-bond donors (Lipinski definition) is 0. The molecule has 1 aromatic rings. The molecule has 0 fully saturated rings. The van der Waals surface area contributed by atoms with Crippen molar-refractivity contribution in [3.8, 4) is 11.5 Å². The van der Waals surface area contributed by atoms with Gasteiger partial charge in [-0.25, -0.2) is 0 Å². The second-order valence-electron chi connectivity index (χ2n) is 15.3. The monoisotopic (exact) mass is 556 g/mol. The van der Waals surface area contributed by atoms with E-state index in [9.17, 15) is 4.79 Å². The number of fused-ring (bicyclic) bond motifs is 1. The molecule has 1 aliphatic rings. The van der Waals surface area contributed by atoms with E-state index in [0.29, 0.717) is 5.92 Å². The number of benzene rings is 1. The molecule has 3 nitrogen and oxygen atoms in total. The molecule has 1 aliphatic heterocycles. The van der Waals surface area contributed by atoms with E-state index in [0.717, 1.165) is 71.6 Å². The Balaban J connectivity index is 1.93. The minimum absolute atomic E-state index is 0.126. The highest BCUT2D eigenvalue weighted by Gasteiger charge is 2.36. The molecular weight excluding hydrogens is 492 g/mol. The van der Waals surface area contributed by atoms with Crippen molar-refractivity contribution in [2.45, 2.75) is 166 Å². The van der Waals surface area contributed by atoms with Crippen LogP contribution in [0.4, 0.5) is 0 Å². The van der Waals surface area contributed by atoms with Crippen molar-refractivity contribution >= 4 is 5.97 Å². The van der Waals surface area contributed by atoms with Crippen LogP contribution in [0.15, 0.2) is 0 Å². The molecule has 0 aliphatic carbocycles. The molecule has 1 aromatic carbocycles. The fourth-order valence-electron chi connectivity index (χ4n) is 6.75. The summed E-state index contributed by atoms with van der Waals surface area (Å²) in [5.41, 5.74) is 3.81. The van der Waals surface area contributed by atoms with Crippen LogP contribution in [0.2, 0.25) is 0 Å². The van der Waals surface area contributed by atoms with Crippen LogP contribution in [0.3, 0.4) is 0 Å². The summed E-state index contributed by atoms with van der Waals surface area (Å²) in [6.07, 6.45) is 14.6. The van der Waals surface area contributed by atoms with Crippen LogP contribution in [0, 0.1) is 49.9 Å². The van der Waals surface area contributed by atoms with Gasteiger partial charge in [0.1, 0.15) is 17.1 Å². The van der Waals surface area contributed by atoms with Gasteiger partial charge in [0.05, 0.1) is 5.41 Å². The van der Waals surface area contributed by atoms with Gasteiger partial charge in [0.15, 0.2) is 0 Å². The van der Waals surface area contributed by atoms with Gasteiger partial charge in [-0.2, -0.15) is 0 Å². The van der Waals surface area contributed by atoms with Gasteiger partial charge >= 0.3 is 5.97 Å². The molecule has 0 aromatic heterocycles. The fourth-order valence-corrected chi connectivity index (χ4v) is 6.75. The Kier molecular flexibility index (Phi) is 13.1. The largest absolute Gasteiger partial charge is 0.487 e. The van der Waals surface area contributed by atoms with Crippen molar-refractivity contribution in [2.24, 2.45) is 29.1 Å². The summed E-state index contributed by atoms with van der Waals surface area (Å²) in [7, 11) is 0. The highest BCUT2D eigenvalue weighted by atomic mass is 16.5. The normalized spacial score (nSPS) is 18.9. The SMILES string of the molecule is Cc1c(C)c2c(c(C)c1OC(=O)C(C)(C)CC(C)C)CCC(C)(CCCC(C)CCCC(C)CCCC(C)C)O2. The van der Waals surface area contributed by atoms with Crippen LogP contribution >= 0.6 is 0 Å². The predicted octanol–water partition coefficient (Wildman–Crippen LogP) is 11.1. The Bertz CT molecular complexity index is 957. The lowest BCUT2D eigenvalue weighted by Gasteiger charge is -2.38. The van der Waals surface area contributed by atoms with E-state index in [1.165, 1.54) is 56.9 Å². The number of carbonyl (C=O) groups is 1. The summed E-state index contributed by atoms with van der Waals surface area (Å²) in [5, 5.41) is 0. The van der Waals surface area contributed by atoms with Crippen molar-refractivity contribution in [3.05, 3.63) is 22.3 Å². The van der Waals surface area contributed by atoms with Crippen LogP contribution in [-0.4, -0.2) is 11.6 Å². The minimum Gasteiger partial charge on any atom is -0.487 e. The molecule has 0 N–H and O–H groups in total. The average molecular weight is 557 g/mol. The Morgan fingerprint density at radius 3 is 1.93 bits per heavy atom. The first-order chi connectivity index (χ1) is 18.6. The highest BCUT2D eigenvalue weighted by molar-refractivity contribution is 5.79. The molecule has 230 valence electrons. The third-order valence-electron chi connectivity index (χ3n) is 9.50. The molecule has 2 rings (SSSR count). The van der Waals surface area contributed by atoms with Crippen molar-refractivity contribution in [1.82, 2.24) is 0 Å². The topological polar surface area (TPSA) is 35.5 Å². The first kappa shape index (κ1) is 34.7. The molecule has 40 heavy (non-hydrogen) atoms. The Morgan fingerprint density at radius 1 is 0.825 bits per heavy atom. The molecule has 3 atom stereocenters. The van der Waals surface area contributed by atoms with Crippen LogP contribution < -0.4 is 9.47 Å². The van der Waals surface area contributed by atoms with Crippen molar-refractivity contribution in [2.75, 3.05) is 0 Å². The molecule has 0 spiro atoms. The van der Waals surface area contributed by atoms with Crippen molar-refractivity contribution in [1.29, 1.82) is 0 Å². The second kappa shape index (κ2) is 15.1. The van der Waals surface area contributed by atoms with Gasteiger partial charge < -0.3 is 9.47 Å². The van der Waals surface area contributed by atoms with E-state index in [-0.39, 0.29) is 11.6 Å². The molecular formula is C37H64O3. The zero-order chi connectivity index (χ0) is 30.3. The highest BCUT2D eigenvalue weighted by Crippen LogP contribution is 2.45. The van der Waals surface area contributed by atoms with Gasteiger partial charge in [-0.3, -0.25) is 4.79 Å². The molecule has 3 heteroatoms. The van der Waals surface area contributed by atoms with Crippen LogP contribution in [0.1, 0.15) is 155 Å². The van der Waals surface area contributed by atoms with E-state index >= 15 is 0 Å². The smallest absolute Gasteiger partial charge is 0.316 e. The summed E-state index contributed by atoms with van der Waals surface area (Å²) in [4.78, 5) is 13.1. The minimum atomic E-state index is -0.505. The Morgan fingerprint density at radius 2 is 1.38 bits per heavy atom. The summed E-state index contributed by atoms with van der Waals surface area (Å²) < 4.78 is 12.9. The number of ether oxygens (including phenoxy) is 2. The zero-order valence-electron chi connectivity index (χ0n) is 28.5. The molecule has 0 radical (unpaired) electrons. The fraction of sp³-hybridized carbons (Fsp3) is 0.811. The lowest BCUT2D eigenvalue weighted by Crippen LogP contribution is -2.37. The van der Waals surface area contributed by atoms with Gasteiger partial charge in [-0.1, -0.05) is 86.5 Å². The van der Waals surface area contributed by atoms with E-state index in [1.54, 1.807) is 0 Å². The summed E-state index contributed by atoms with van der Waals surface area (Å²) in [5.74, 6) is 4.57. The standard InChI is InChI=1S/C37H64O3/c1-25(2)16-13-17-27(5)18-14-19-28(6)20-15-22-37(12)23-21-32-31(9)33(29(7)30(8)34(32)40-37)39-35(38)36(10,11)24-26(3)4/h25-28H,13-24H2,1-12H3. The first-order valence-corrected chi connectivity index (χ1v) is 16.6. The van der Waals surface area contributed by atoms with E-state index in [2.05, 4.69) is 69.2 Å². The van der Waals surface area contributed by atoms with Gasteiger partial charge in [0.25, 0.3) is 0 Å². The van der Waals surface area contributed by atoms with Crippen LogP contribution in [-0.2, 0) is 11.2 Å². The summed E-state index contributed by atoms with van der Waals surface area (Å²) in [6, 6.07) is 0. The van der Waals surface area contributed by atoms with Gasteiger partial charge in [0.2, 0.25) is 0 Å². The van der Waals surface area contributed by atoms with Gasteiger partial charge in [0, 0.05) is 5.56 Å². The van der Waals surface area contributed by atoms with E-state index < -0.39 is 5.41 Å². The summed E-state index contributed by atoms with van der Waals surface area (Å²) in [6.45, 7) is 26.4. The lowest BCUT2D eigenvalue weighted by atomic mass is 9.83. The molecule has 0 amide bonds. The average Bonchev–Trinajstić information content (AvgIpc) is 2.84. The van der Waals surface area contributed by atoms with Crippen LogP contribution in [0.5, 0.6) is 11.5 Å². The van der Waals surface area contributed by atoms with E-state index in [1.807, 2.05) is 13.8 Å². The maximum atomic E-state index is 13.1. The number of carbonyl (C=O) groups excluding carboxylic acids is 1. The van der Waals surface area contributed by atoms with E-state index in [4.69, 9.17) is 9.47 Å². The third-order valence-corrected chi connectivity index (χ3v) is 9.50. The van der Waals surface area contributed by atoms with Crippen molar-refractivity contribution < 1.29 is 14.3 Å². The number of rotatable bonds is 16. The third kappa shape index (κ3) is 10.1. The molecule has 0 saturated heterocycles. The number of hydrogen-bond acceptors (Lipinski definition) is 3.